The molecule has 0 spiro atoms. The molecular formula is C12H20N2OS. The Morgan fingerprint density at radius 1 is 1.25 bits per heavy atom. The van der Waals surface area contributed by atoms with Crippen LogP contribution in [0.3, 0.4) is 0 Å². The maximum Gasteiger partial charge on any atom is 0.219 e. The van der Waals surface area contributed by atoms with Crippen molar-refractivity contribution in [3.8, 4) is 0 Å². The topological polar surface area (TPSA) is 23.6 Å². The molecule has 0 amide bonds. The molecule has 0 saturated heterocycles. The lowest BCUT2D eigenvalue weighted by Crippen LogP contribution is -2.31. The van der Waals surface area contributed by atoms with Crippen LogP contribution in [0.25, 0.3) is 0 Å². The molecule has 0 aliphatic rings. The zero-order chi connectivity index (χ0) is 12.1. The highest BCUT2D eigenvalue weighted by Gasteiger charge is 2.11. The van der Waals surface area contributed by atoms with E-state index in [2.05, 4.69) is 18.7 Å². The molecule has 0 bridgehead atoms. The van der Waals surface area contributed by atoms with Crippen LogP contribution >= 0.6 is 12.2 Å². The van der Waals surface area contributed by atoms with Crippen LogP contribution < -0.4 is 10.3 Å². The number of rotatable bonds is 7. The molecule has 1 aromatic rings. The van der Waals surface area contributed by atoms with Gasteiger partial charge in [0.2, 0.25) is 5.43 Å². The van der Waals surface area contributed by atoms with Gasteiger partial charge >= 0.3 is 0 Å². The van der Waals surface area contributed by atoms with Gasteiger partial charge in [-0.1, -0.05) is 26.1 Å². The molecule has 0 heterocycles. The maximum absolute atomic E-state index is 11.4. The van der Waals surface area contributed by atoms with Crippen LogP contribution in [-0.2, 0) is 0 Å². The highest BCUT2D eigenvalue weighted by atomic mass is 32.1. The molecule has 16 heavy (non-hydrogen) atoms. The normalized spacial score (nSPS) is 11.2. The van der Waals surface area contributed by atoms with Crippen molar-refractivity contribution in [1.82, 2.24) is 4.90 Å². The second kappa shape index (κ2) is 6.11. The van der Waals surface area contributed by atoms with Crippen molar-refractivity contribution in [2.75, 3.05) is 38.1 Å². The first-order chi connectivity index (χ1) is 7.60. The van der Waals surface area contributed by atoms with Gasteiger partial charge in [0.05, 0.1) is 10.2 Å². The Kier molecular flexibility index (Phi) is 5.09. The summed E-state index contributed by atoms with van der Waals surface area (Å²) in [5.41, 5.74) is 0.796. The summed E-state index contributed by atoms with van der Waals surface area (Å²) >= 11 is 4.83. The van der Waals surface area contributed by atoms with Gasteiger partial charge in [-0.15, -0.1) is 0 Å². The number of hydrogen-bond acceptors (Lipinski definition) is 4. The Labute approximate surface area is 102 Å². The minimum Gasteiger partial charge on any atom is -0.371 e. The molecule has 3 nitrogen and oxygen atoms in total. The Bertz CT molecular complexity index is 391. The number of anilines is 1. The zero-order valence-electron chi connectivity index (χ0n) is 10.3. The van der Waals surface area contributed by atoms with E-state index in [4.69, 9.17) is 12.2 Å². The Morgan fingerprint density at radius 2 is 1.88 bits per heavy atom. The molecule has 0 saturated carbocycles. The van der Waals surface area contributed by atoms with E-state index in [1.807, 2.05) is 11.9 Å². The van der Waals surface area contributed by atoms with Crippen LogP contribution in [0.1, 0.15) is 20.3 Å². The van der Waals surface area contributed by atoms with Crippen LogP contribution in [0, 0.1) is 4.51 Å². The van der Waals surface area contributed by atoms with Gasteiger partial charge in [-0.2, -0.15) is 0 Å². The van der Waals surface area contributed by atoms with Gasteiger partial charge in [0.1, 0.15) is 0 Å². The van der Waals surface area contributed by atoms with Gasteiger partial charge in [0, 0.05) is 13.6 Å². The van der Waals surface area contributed by atoms with E-state index in [1.54, 1.807) is 6.07 Å². The summed E-state index contributed by atoms with van der Waals surface area (Å²) in [5.74, 6) is 0. The van der Waals surface area contributed by atoms with Crippen molar-refractivity contribution in [3.05, 3.63) is 20.8 Å². The second-order valence-corrected chi connectivity index (χ2v) is 4.46. The van der Waals surface area contributed by atoms with Crippen LogP contribution in [0.4, 0.5) is 5.69 Å². The predicted molar refractivity (Wildman–Crippen MR) is 71.6 cm³/mol. The number of nitrogens with zero attached hydrogens (tertiary/aromatic N) is 2. The summed E-state index contributed by atoms with van der Waals surface area (Å²) in [4.78, 5) is 15.7. The van der Waals surface area contributed by atoms with E-state index >= 15 is 0 Å². The molecule has 0 atom stereocenters. The summed E-state index contributed by atoms with van der Waals surface area (Å²) in [6.45, 7) is 8.52. The molecule has 4 heteroatoms. The fourth-order valence-corrected chi connectivity index (χ4v) is 2.00. The third-order valence-electron chi connectivity index (χ3n) is 3.00. The lowest BCUT2D eigenvalue weighted by Gasteiger charge is -2.23. The van der Waals surface area contributed by atoms with E-state index in [9.17, 15) is 4.79 Å². The van der Waals surface area contributed by atoms with Gasteiger partial charge in [0.15, 0.2) is 0 Å². The summed E-state index contributed by atoms with van der Waals surface area (Å²) in [5, 5.41) is 0. The van der Waals surface area contributed by atoms with E-state index in [0.29, 0.717) is 4.51 Å². The minimum atomic E-state index is 0.0281. The van der Waals surface area contributed by atoms with Gasteiger partial charge in [0.25, 0.3) is 0 Å². The molecule has 0 aliphatic heterocycles. The van der Waals surface area contributed by atoms with Crippen molar-refractivity contribution in [1.29, 1.82) is 0 Å². The van der Waals surface area contributed by atoms with Crippen LogP contribution in [-0.4, -0.2) is 38.1 Å². The second-order valence-electron chi connectivity index (χ2n) is 4.02. The molecule has 0 aromatic heterocycles. The Morgan fingerprint density at radius 3 is 2.31 bits per heavy atom. The molecule has 90 valence electrons. The van der Waals surface area contributed by atoms with Crippen LogP contribution in [0.2, 0.25) is 0 Å². The number of hydrogen-bond donors (Lipinski definition) is 0. The van der Waals surface area contributed by atoms with E-state index < -0.39 is 0 Å². The van der Waals surface area contributed by atoms with Gasteiger partial charge < -0.3 is 9.80 Å². The highest BCUT2D eigenvalue weighted by molar-refractivity contribution is 7.71. The van der Waals surface area contributed by atoms with E-state index in [1.165, 1.54) is 0 Å². The fourth-order valence-electron chi connectivity index (χ4n) is 1.78. The third-order valence-corrected chi connectivity index (χ3v) is 3.30. The maximum atomic E-state index is 11.4. The fraction of sp³-hybridized carbons (Fsp3) is 0.667. The van der Waals surface area contributed by atoms with Gasteiger partial charge in [-0.25, -0.2) is 0 Å². The minimum absolute atomic E-state index is 0.0281. The first-order valence-corrected chi connectivity index (χ1v) is 6.24. The summed E-state index contributed by atoms with van der Waals surface area (Å²) in [7, 11) is 1.95. The first kappa shape index (κ1) is 13.3. The monoisotopic (exact) mass is 240 g/mol. The molecule has 0 N–H and O–H groups in total. The Balaban J connectivity index is 2.32. The summed E-state index contributed by atoms with van der Waals surface area (Å²) in [6.07, 6.45) is 1.08. The quantitative estimate of drug-likeness (QED) is 0.678. The van der Waals surface area contributed by atoms with E-state index in [0.717, 1.165) is 38.3 Å². The SMILES string of the molecule is CCN(CC)CCCN(C)c1cc(=S)c1=O. The zero-order valence-corrected chi connectivity index (χ0v) is 11.1. The standard InChI is InChI=1S/C12H20N2OS/c1-4-14(5-2)8-6-7-13(3)10-9-11(16)12(10)15/h9H,4-8H2,1-3H3. The van der Waals surface area contributed by atoms with E-state index in [-0.39, 0.29) is 5.43 Å². The Hall–Kier alpha value is -0.740. The van der Waals surface area contributed by atoms with Crippen molar-refractivity contribution in [2.24, 2.45) is 0 Å². The molecule has 0 aliphatic carbocycles. The molecule has 0 fully saturated rings. The summed E-state index contributed by atoms with van der Waals surface area (Å²) < 4.78 is 0.464. The molecule has 1 aromatic carbocycles. The predicted octanol–water partition coefficient (Wildman–Crippen LogP) is 1.82. The summed E-state index contributed by atoms with van der Waals surface area (Å²) in [6, 6.07) is 1.79. The molecule has 1 rings (SSSR count). The first-order valence-electron chi connectivity index (χ1n) is 5.84. The van der Waals surface area contributed by atoms with Crippen molar-refractivity contribution in [3.63, 3.8) is 0 Å². The molecule has 0 unspecified atom stereocenters. The largest absolute Gasteiger partial charge is 0.371 e. The molecular weight excluding hydrogens is 220 g/mol. The highest BCUT2D eigenvalue weighted by Crippen LogP contribution is 2.10. The van der Waals surface area contributed by atoms with Crippen molar-refractivity contribution >= 4 is 17.9 Å². The van der Waals surface area contributed by atoms with Crippen molar-refractivity contribution < 1.29 is 0 Å². The average molecular weight is 240 g/mol. The van der Waals surface area contributed by atoms with Crippen LogP contribution in [0.5, 0.6) is 0 Å². The van der Waals surface area contributed by atoms with Crippen molar-refractivity contribution in [2.45, 2.75) is 20.3 Å². The third kappa shape index (κ3) is 3.12. The lowest BCUT2D eigenvalue weighted by molar-refractivity contribution is 0.301. The van der Waals surface area contributed by atoms with Gasteiger partial charge in [-0.3, -0.25) is 4.79 Å². The van der Waals surface area contributed by atoms with Gasteiger partial charge in [-0.05, 0) is 32.1 Å². The smallest absolute Gasteiger partial charge is 0.219 e. The van der Waals surface area contributed by atoms with Crippen LogP contribution in [0.15, 0.2) is 10.9 Å². The lowest BCUT2D eigenvalue weighted by atomic mass is 10.2. The molecule has 0 radical (unpaired) electrons. The average Bonchev–Trinajstić information content (AvgIpc) is 2.30.